The molecule has 0 bridgehead atoms. The molecule has 4 amide bonds. The Hall–Kier alpha value is -4.61. The highest BCUT2D eigenvalue weighted by Crippen LogP contribution is 2.46. The van der Waals surface area contributed by atoms with Crippen molar-refractivity contribution in [3.63, 3.8) is 0 Å². The molecule has 3 heterocycles. The number of ether oxygens (including phenoxy) is 3. The number of fused-ring (bicyclic) bond motifs is 3. The highest BCUT2D eigenvalue weighted by molar-refractivity contribution is 7.91. The minimum absolute atomic E-state index is 0.0323. The maximum atomic E-state index is 14.7. The average molecular weight is 808 g/mol. The Morgan fingerprint density at radius 3 is 2.41 bits per heavy atom. The molecule has 2 aliphatic carbocycles. The highest BCUT2D eigenvalue weighted by Gasteiger charge is 2.62. The quantitative estimate of drug-likeness (QED) is 0.321. The van der Waals surface area contributed by atoms with Crippen molar-refractivity contribution in [2.75, 3.05) is 13.7 Å². The SMILES string of the molecule is COc1cnc(O[C@@H]2C[C@H]3C(=O)N[C@]4(C(=O)NS(=O)(=O)C5CC5)C[C@H]4/C=C\CC[C@H](C)C[C@@H](C)[C@H](NC(=O)OC(C)(C)C(F)(F)F)C(=O)N3C2)c2ccccc12. The monoisotopic (exact) mass is 807 g/mol. The Balaban J connectivity index is 1.35. The summed E-state index contributed by atoms with van der Waals surface area (Å²) in [6.45, 7) is 4.80. The van der Waals surface area contributed by atoms with E-state index in [1.54, 1.807) is 25.1 Å². The fraction of sp³-hybridized carbons (Fsp3) is 0.605. The average Bonchev–Trinajstić information content (AvgIpc) is 4.05. The summed E-state index contributed by atoms with van der Waals surface area (Å²) in [4.78, 5) is 61.5. The van der Waals surface area contributed by atoms with Gasteiger partial charge in [-0.15, -0.1) is 0 Å². The number of amides is 4. The summed E-state index contributed by atoms with van der Waals surface area (Å²) in [7, 11) is -2.48. The van der Waals surface area contributed by atoms with Crippen LogP contribution in [0.2, 0.25) is 0 Å². The summed E-state index contributed by atoms with van der Waals surface area (Å²) in [5.74, 6) is -2.97. The lowest BCUT2D eigenvalue weighted by atomic mass is 9.88. The topological polar surface area (TPSA) is 182 Å². The molecule has 1 saturated heterocycles. The molecule has 0 spiro atoms. The summed E-state index contributed by atoms with van der Waals surface area (Å²) < 4.78 is 85.5. The van der Waals surface area contributed by atoms with Crippen molar-refractivity contribution in [1.82, 2.24) is 25.2 Å². The van der Waals surface area contributed by atoms with E-state index in [1.165, 1.54) is 18.2 Å². The zero-order valence-electron chi connectivity index (χ0n) is 31.9. The predicted molar refractivity (Wildman–Crippen MR) is 197 cm³/mol. The van der Waals surface area contributed by atoms with Crippen molar-refractivity contribution in [2.45, 2.75) is 113 Å². The fourth-order valence-corrected chi connectivity index (χ4v) is 8.86. The van der Waals surface area contributed by atoms with Crippen LogP contribution in [0.3, 0.4) is 0 Å². The van der Waals surface area contributed by atoms with Crippen LogP contribution in [-0.2, 0) is 29.1 Å². The van der Waals surface area contributed by atoms with Gasteiger partial charge in [-0.1, -0.05) is 44.2 Å². The molecule has 2 aliphatic heterocycles. The molecule has 2 saturated carbocycles. The lowest BCUT2D eigenvalue weighted by Crippen LogP contribution is -2.59. The number of carbonyl (C=O) groups excluding carboxylic acids is 4. The van der Waals surface area contributed by atoms with Crippen molar-refractivity contribution in [3.05, 3.63) is 42.6 Å². The van der Waals surface area contributed by atoms with E-state index in [9.17, 15) is 40.8 Å². The van der Waals surface area contributed by atoms with Crippen LogP contribution in [0, 0.1) is 17.8 Å². The summed E-state index contributed by atoms with van der Waals surface area (Å²) in [6, 6.07) is 4.42. The fourth-order valence-electron chi connectivity index (χ4n) is 7.50. The number of alkyl halides is 3. The van der Waals surface area contributed by atoms with Gasteiger partial charge in [-0.3, -0.25) is 19.1 Å². The van der Waals surface area contributed by atoms with Gasteiger partial charge in [-0.2, -0.15) is 13.2 Å². The summed E-state index contributed by atoms with van der Waals surface area (Å²) in [5, 5.41) is 5.74. The molecule has 3 fully saturated rings. The third kappa shape index (κ3) is 8.54. The summed E-state index contributed by atoms with van der Waals surface area (Å²) >= 11 is 0. The Morgan fingerprint density at radius 2 is 1.75 bits per heavy atom. The number of nitrogens with one attached hydrogen (secondary N) is 3. The van der Waals surface area contributed by atoms with E-state index in [2.05, 4.69) is 20.3 Å². The Bertz CT molecular complexity index is 2010. The lowest BCUT2D eigenvalue weighted by molar-refractivity contribution is -0.244. The largest absolute Gasteiger partial charge is 0.494 e. The molecule has 7 atom stereocenters. The van der Waals surface area contributed by atoms with Crippen LogP contribution in [-0.4, -0.2) is 96.5 Å². The Kier molecular flexibility index (Phi) is 11.3. The number of carbonyl (C=O) groups is 4. The second-order valence-electron chi connectivity index (χ2n) is 15.9. The van der Waals surface area contributed by atoms with Gasteiger partial charge in [0.2, 0.25) is 33.3 Å². The van der Waals surface area contributed by atoms with Crippen molar-refractivity contribution >= 4 is 44.6 Å². The zero-order valence-corrected chi connectivity index (χ0v) is 32.7. The van der Waals surface area contributed by atoms with Crippen molar-refractivity contribution in [2.24, 2.45) is 17.8 Å². The molecule has 306 valence electrons. The third-order valence-corrected chi connectivity index (χ3v) is 13.0. The van der Waals surface area contributed by atoms with Crippen molar-refractivity contribution in [1.29, 1.82) is 0 Å². The number of methoxy groups -OCH3 is 1. The van der Waals surface area contributed by atoms with Gasteiger partial charge in [0.15, 0.2) is 0 Å². The number of sulfonamides is 1. The van der Waals surface area contributed by atoms with E-state index in [0.717, 1.165) is 0 Å². The van der Waals surface area contributed by atoms with Gasteiger partial charge in [-0.05, 0) is 70.3 Å². The number of allylic oxidation sites excluding steroid dienone is 1. The summed E-state index contributed by atoms with van der Waals surface area (Å²) in [5.41, 5.74) is -4.50. The molecular formula is C38H48F3N5O9S. The number of hydrogen-bond donors (Lipinski definition) is 3. The molecule has 18 heteroatoms. The van der Waals surface area contributed by atoms with Crippen molar-refractivity contribution < 1.29 is 55.0 Å². The van der Waals surface area contributed by atoms with Gasteiger partial charge < -0.3 is 29.7 Å². The van der Waals surface area contributed by atoms with E-state index in [4.69, 9.17) is 14.2 Å². The highest BCUT2D eigenvalue weighted by atomic mass is 32.2. The smallest absolute Gasteiger partial charge is 0.427 e. The molecule has 1 aromatic heterocycles. The van der Waals surface area contributed by atoms with Crippen LogP contribution in [0.4, 0.5) is 18.0 Å². The molecule has 4 aliphatic rings. The number of hydrogen-bond acceptors (Lipinski definition) is 10. The van der Waals surface area contributed by atoms with E-state index in [-0.39, 0.29) is 31.2 Å². The molecule has 0 unspecified atom stereocenters. The molecule has 3 N–H and O–H groups in total. The number of pyridine rings is 1. The summed E-state index contributed by atoms with van der Waals surface area (Å²) in [6.07, 6.45) is 0.236. The molecule has 1 aromatic carbocycles. The third-order valence-electron chi connectivity index (χ3n) is 11.1. The lowest BCUT2D eigenvalue weighted by Gasteiger charge is -2.34. The van der Waals surface area contributed by atoms with Crippen LogP contribution in [0.1, 0.15) is 72.6 Å². The molecule has 6 rings (SSSR count). The van der Waals surface area contributed by atoms with Crippen LogP contribution in [0.15, 0.2) is 42.6 Å². The molecular weight excluding hydrogens is 760 g/mol. The van der Waals surface area contributed by atoms with Gasteiger partial charge in [0.05, 0.1) is 25.1 Å². The number of rotatable bonds is 8. The first-order chi connectivity index (χ1) is 26.3. The van der Waals surface area contributed by atoms with Gasteiger partial charge in [0, 0.05) is 23.1 Å². The number of aromatic nitrogens is 1. The zero-order chi connectivity index (χ0) is 40.8. The van der Waals surface area contributed by atoms with Crippen molar-refractivity contribution in [3.8, 4) is 11.6 Å². The van der Waals surface area contributed by atoms with Crippen LogP contribution in [0.5, 0.6) is 11.6 Å². The van der Waals surface area contributed by atoms with Crippen LogP contribution >= 0.6 is 0 Å². The van der Waals surface area contributed by atoms with Crippen LogP contribution in [0.25, 0.3) is 10.8 Å². The first-order valence-electron chi connectivity index (χ1n) is 18.8. The second kappa shape index (κ2) is 15.4. The first-order valence-corrected chi connectivity index (χ1v) is 20.3. The van der Waals surface area contributed by atoms with E-state index >= 15 is 0 Å². The Morgan fingerprint density at radius 1 is 1.05 bits per heavy atom. The molecule has 14 nitrogen and oxygen atoms in total. The van der Waals surface area contributed by atoms with E-state index in [1.807, 2.05) is 25.1 Å². The van der Waals surface area contributed by atoms with Gasteiger partial charge in [0.25, 0.3) is 5.91 Å². The van der Waals surface area contributed by atoms with Crippen LogP contribution < -0.4 is 24.8 Å². The number of nitrogens with zero attached hydrogens (tertiary/aromatic N) is 2. The molecule has 56 heavy (non-hydrogen) atoms. The number of benzene rings is 1. The maximum Gasteiger partial charge on any atom is 0.427 e. The maximum absolute atomic E-state index is 14.7. The molecule has 0 radical (unpaired) electrons. The minimum atomic E-state index is -4.91. The second-order valence-corrected chi connectivity index (χ2v) is 17.9. The number of alkyl carbamates (subject to hydrolysis) is 1. The van der Waals surface area contributed by atoms with Gasteiger partial charge in [0.1, 0.15) is 29.5 Å². The predicted octanol–water partition coefficient (Wildman–Crippen LogP) is 4.52. The molecule has 2 aromatic rings. The van der Waals surface area contributed by atoms with E-state index < -0.39 is 86.4 Å². The Labute approximate surface area is 323 Å². The van der Waals surface area contributed by atoms with Gasteiger partial charge in [-0.25, -0.2) is 18.2 Å². The normalized spacial score (nSPS) is 29.5. The minimum Gasteiger partial charge on any atom is -0.494 e. The first kappa shape index (κ1) is 41.0. The standard InChI is InChI=1S/C38H48F3N5O9S/c1-21-10-6-7-11-23-18-37(23,34(49)45-56(51,52)25-14-15-25)44-31(47)28-17-24(54-32-27-13-9-8-12-26(27)29(53-5)19-42-32)20-46(28)33(48)30(22(2)16-21)43-35(50)55-36(3,4)38(39,40)41/h7-9,11-13,19,21-25,28,30H,6,10,14-18,20H2,1-5H3,(H,43,50)(H,44,47)(H,45,49)/b11-7-/t21-,22+,23+,24+,28-,30-,37+/m0/s1. The van der Waals surface area contributed by atoms with E-state index in [0.29, 0.717) is 62.5 Å². The number of halogens is 3. The van der Waals surface area contributed by atoms with Gasteiger partial charge >= 0.3 is 12.3 Å².